The molecule has 1 heterocycles. The Kier molecular flexibility index (Phi) is 4.06. The van der Waals surface area contributed by atoms with Crippen molar-refractivity contribution >= 4 is 23.3 Å². The van der Waals surface area contributed by atoms with Crippen LogP contribution in [-0.2, 0) is 11.3 Å². The van der Waals surface area contributed by atoms with Crippen molar-refractivity contribution in [3.05, 3.63) is 47.2 Å². The summed E-state index contributed by atoms with van der Waals surface area (Å²) < 4.78 is 1.69. The van der Waals surface area contributed by atoms with Crippen LogP contribution in [0.2, 0.25) is 5.02 Å². The lowest BCUT2D eigenvalue weighted by molar-refractivity contribution is -0.138. The van der Waals surface area contributed by atoms with E-state index in [0.717, 1.165) is 0 Å². The standard InChI is InChI=1S/C13H14ClN3O2/c1-2-17-8-9(7-15-17)12(13(18)19)16-11-5-3-4-10(14)6-11/h3-8,12,16H,2H2,1H3,(H,18,19). The molecule has 0 amide bonds. The number of carbonyl (C=O) groups is 1. The fraction of sp³-hybridized carbons (Fsp3) is 0.231. The first-order valence-electron chi connectivity index (χ1n) is 5.87. The third-order valence-corrected chi connectivity index (χ3v) is 2.93. The van der Waals surface area contributed by atoms with Gasteiger partial charge in [0.05, 0.1) is 6.20 Å². The maximum absolute atomic E-state index is 11.4. The summed E-state index contributed by atoms with van der Waals surface area (Å²) in [4.78, 5) is 11.4. The Labute approximate surface area is 115 Å². The molecule has 5 nitrogen and oxygen atoms in total. The second-order valence-corrected chi connectivity index (χ2v) is 4.49. The zero-order valence-electron chi connectivity index (χ0n) is 10.4. The van der Waals surface area contributed by atoms with Gasteiger partial charge in [-0.15, -0.1) is 0 Å². The first-order chi connectivity index (χ1) is 9.10. The summed E-state index contributed by atoms with van der Waals surface area (Å²) >= 11 is 5.88. The van der Waals surface area contributed by atoms with E-state index in [1.165, 1.54) is 0 Å². The predicted molar refractivity (Wildman–Crippen MR) is 73.4 cm³/mol. The van der Waals surface area contributed by atoms with Gasteiger partial charge in [0.2, 0.25) is 0 Å². The summed E-state index contributed by atoms with van der Waals surface area (Å²) in [5, 5.41) is 16.9. The van der Waals surface area contributed by atoms with Crippen molar-refractivity contribution in [1.29, 1.82) is 0 Å². The number of benzene rings is 1. The topological polar surface area (TPSA) is 67.2 Å². The number of nitrogens with one attached hydrogen (secondary N) is 1. The van der Waals surface area contributed by atoms with Crippen LogP contribution in [0.5, 0.6) is 0 Å². The lowest BCUT2D eigenvalue weighted by Gasteiger charge is -2.14. The van der Waals surface area contributed by atoms with Crippen LogP contribution in [0.4, 0.5) is 5.69 Å². The largest absolute Gasteiger partial charge is 0.479 e. The van der Waals surface area contributed by atoms with Crippen LogP contribution in [-0.4, -0.2) is 20.9 Å². The van der Waals surface area contributed by atoms with E-state index in [1.54, 1.807) is 41.3 Å². The first kappa shape index (κ1) is 13.4. The molecule has 1 unspecified atom stereocenters. The van der Waals surface area contributed by atoms with Gasteiger partial charge in [-0.25, -0.2) is 4.79 Å². The minimum absolute atomic E-state index is 0.554. The van der Waals surface area contributed by atoms with Crippen molar-refractivity contribution in [1.82, 2.24) is 9.78 Å². The number of hydrogen-bond donors (Lipinski definition) is 2. The van der Waals surface area contributed by atoms with Crippen molar-refractivity contribution in [2.45, 2.75) is 19.5 Å². The fourth-order valence-electron chi connectivity index (χ4n) is 1.73. The average Bonchev–Trinajstić information content (AvgIpc) is 2.84. The van der Waals surface area contributed by atoms with Crippen LogP contribution in [0.25, 0.3) is 0 Å². The van der Waals surface area contributed by atoms with Crippen molar-refractivity contribution in [2.24, 2.45) is 0 Å². The molecule has 1 atom stereocenters. The molecular formula is C13H14ClN3O2. The Bertz CT molecular complexity index is 583. The molecule has 0 fully saturated rings. The number of anilines is 1. The van der Waals surface area contributed by atoms with Gasteiger partial charge >= 0.3 is 5.97 Å². The molecule has 2 aromatic rings. The Morgan fingerprint density at radius 3 is 2.95 bits per heavy atom. The van der Waals surface area contributed by atoms with Crippen LogP contribution in [0.1, 0.15) is 18.5 Å². The van der Waals surface area contributed by atoms with E-state index in [2.05, 4.69) is 10.4 Å². The molecule has 100 valence electrons. The number of hydrogen-bond acceptors (Lipinski definition) is 3. The Morgan fingerprint density at radius 1 is 1.58 bits per heavy atom. The van der Waals surface area contributed by atoms with E-state index >= 15 is 0 Å². The Hall–Kier alpha value is -2.01. The highest BCUT2D eigenvalue weighted by Crippen LogP contribution is 2.22. The predicted octanol–water partition coefficient (Wildman–Crippen LogP) is 2.79. The highest BCUT2D eigenvalue weighted by molar-refractivity contribution is 6.30. The number of aryl methyl sites for hydroxylation is 1. The number of rotatable bonds is 5. The molecule has 0 aliphatic heterocycles. The van der Waals surface area contributed by atoms with E-state index in [9.17, 15) is 9.90 Å². The molecule has 1 aromatic heterocycles. The second kappa shape index (κ2) is 5.75. The molecule has 2 rings (SSSR count). The molecular weight excluding hydrogens is 266 g/mol. The quantitative estimate of drug-likeness (QED) is 0.883. The molecule has 0 aliphatic carbocycles. The van der Waals surface area contributed by atoms with Crippen molar-refractivity contribution in [3.63, 3.8) is 0 Å². The number of carboxylic acid groups (broad SMARTS) is 1. The van der Waals surface area contributed by atoms with Gasteiger partial charge in [0.15, 0.2) is 6.04 Å². The molecule has 6 heteroatoms. The molecule has 0 aliphatic rings. The molecule has 0 saturated heterocycles. The van der Waals surface area contributed by atoms with Gasteiger partial charge in [-0.05, 0) is 25.1 Å². The molecule has 0 spiro atoms. The molecule has 19 heavy (non-hydrogen) atoms. The summed E-state index contributed by atoms with van der Waals surface area (Å²) in [5.41, 5.74) is 1.26. The van der Waals surface area contributed by atoms with E-state index in [1.807, 2.05) is 6.92 Å². The van der Waals surface area contributed by atoms with Crippen molar-refractivity contribution < 1.29 is 9.90 Å². The Morgan fingerprint density at radius 2 is 2.37 bits per heavy atom. The summed E-state index contributed by atoms with van der Waals surface area (Å²) in [6.45, 7) is 2.64. The number of nitrogens with zero attached hydrogens (tertiary/aromatic N) is 2. The number of halogens is 1. The van der Waals surface area contributed by atoms with E-state index in [-0.39, 0.29) is 0 Å². The van der Waals surface area contributed by atoms with Crippen molar-refractivity contribution in [3.8, 4) is 0 Å². The normalized spacial score (nSPS) is 12.1. The fourth-order valence-corrected chi connectivity index (χ4v) is 1.92. The van der Waals surface area contributed by atoms with Crippen LogP contribution >= 0.6 is 11.6 Å². The maximum Gasteiger partial charge on any atom is 0.330 e. The van der Waals surface area contributed by atoms with Gasteiger partial charge in [0.25, 0.3) is 0 Å². The van der Waals surface area contributed by atoms with Crippen LogP contribution < -0.4 is 5.32 Å². The third-order valence-electron chi connectivity index (χ3n) is 2.69. The van der Waals surface area contributed by atoms with Gasteiger partial charge in [-0.3, -0.25) is 4.68 Å². The van der Waals surface area contributed by atoms with Gasteiger partial charge < -0.3 is 10.4 Å². The molecule has 2 N–H and O–H groups in total. The second-order valence-electron chi connectivity index (χ2n) is 4.06. The minimum atomic E-state index is -0.962. The summed E-state index contributed by atoms with van der Waals surface area (Å²) in [6.07, 6.45) is 3.27. The third kappa shape index (κ3) is 3.26. The van der Waals surface area contributed by atoms with E-state index in [0.29, 0.717) is 22.8 Å². The molecule has 1 aromatic carbocycles. The lowest BCUT2D eigenvalue weighted by Crippen LogP contribution is -2.20. The lowest BCUT2D eigenvalue weighted by atomic mass is 10.1. The van der Waals surface area contributed by atoms with Crippen LogP contribution in [0, 0.1) is 0 Å². The van der Waals surface area contributed by atoms with Crippen LogP contribution in [0.3, 0.4) is 0 Å². The maximum atomic E-state index is 11.4. The molecule has 0 bridgehead atoms. The number of aliphatic carboxylic acids is 1. The number of aromatic nitrogens is 2. The van der Waals surface area contributed by atoms with Gasteiger partial charge in [-0.2, -0.15) is 5.10 Å². The van der Waals surface area contributed by atoms with Gasteiger partial charge in [0.1, 0.15) is 0 Å². The summed E-state index contributed by atoms with van der Waals surface area (Å²) in [7, 11) is 0. The monoisotopic (exact) mass is 279 g/mol. The zero-order chi connectivity index (χ0) is 13.8. The Balaban J connectivity index is 2.23. The van der Waals surface area contributed by atoms with Crippen LogP contribution in [0.15, 0.2) is 36.7 Å². The van der Waals surface area contributed by atoms with Gasteiger partial charge in [-0.1, -0.05) is 17.7 Å². The van der Waals surface area contributed by atoms with E-state index < -0.39 is 12.0 Å². The van der Waals surface area contributed by atoms with Gasteiger partial charge in [0, 0.05) is 29.0 Å². The van der Waals surface area contributed by atoms with E-state index in [4.69, 9.17) is 11.6 Å². The number of carboxylic acids is 1. The molecule has 0 radical (unpaired) electrons. The summed E-state index contributed by atoms with van der Waals surface area (Å²) in [6, 6.07) is 6.10. The highest BCUT2D eigenvalue weighted by Gasteiger charge is 2.21. The highest BCUT2D eigenvalue weighted by atomic mass is 35.5. The van der Waals surface area contributed by atoms with Crippen molar-refractivity contribution in [2.75, 3.05) is 5.32 Å². The minimum Gasteiger partial charge on any atom is -0.479 e. The SMILES string of the molecule is CCn1cc(C(Nc2cccc(Cl)c2)C(=O)O)cn1. The smallest absolute Gasteiger partial charge is 0.330 e. The zero-order valence-corrected chi connectivity index (χ0v) is 11.1. The molecule has 0 saturated carbocycles. The summed E-state index contributed by atoms with van der Waals surface area (Å²) in [5.74, 6) is -0.962. The average molecular weight is 280 g/mol. The first-order valence-corrected chi connectivity index (χ1v) is 6.25.